The summed E-state index contributed by atoms with van der Waals surface area (Å²) in [7, 11) is 0. The summed E-state index contributed by atoms with van der Waals surface area (Å²) in [5.74, 6) is -0.474. The van der Waals surface area contributed by atoms with Crippen molar-refractivity contribution in [3.8, 4) is 0 Å². The number of benzene rings is 2. The number of ketones is 1. The van der Waals surface area contributed by atoms with E-state index in [-0.39, 0.29) is 17.0 Å². The lowest BCUT2D eigenvalue weighted by Gasteiger charge is -2.31. The minimum Gasteiger partial charge on any atom is -0.454 e. The summed E-state index contributed by atoms with van der Waals surface area (Å²) in [4.78, 5) is 37.8. The highest BCUT2D eigenvalue weighted by molar-refractivity contribution is 5.99. The molecular weight excluding hydrogens is 384 g/mol. The fourth-order valence-corrected chi connectivity index (χ4v) is 3.53. The second-order valence-corrected chi connectivity index (χ2v) is 7.93. The van der Waals surface area contributed by atoms with Gasteiger partial charge in [0.2, 0.25) is 0 Å². The van der Waals surface area contributed by atoms with Gasteiger partial charge in [-0.2, -0.15) is 0 Å². The minimum atomic E-state index is -0.755. The summed E-state index contributed by atoms with van der Waals surface area (Å²) in [6.07, 6.45) is 1.95. The third-order valence-corrected chi connectivity index (χ3v) is 5.70. The van der Waals surface area contributed by atoms with E-state index in [9.17, 15) is 19.7 Å². The molecule has 0 saturated carbocycles. The van der Waals surface area contributed by atoms with E-state index in [1.165, 1.54) is 12.1 Å². The molecule has 7 heteroatoms. The van der Waals surface area contributed by atoms with Gasteiger partial charge in [0.05, 0.1) is 10.5 Å². The van der Waals surface area contributed by atoms with Crippen LogP contribution in [0.2, 0.25) is 0 Å². The molecule has 0 atom stereocenters. The lowest BCUT2D eigenvalue weighted by molar-refractivity contribution is -0.384. The van der Waals surface area contributed by atoms with Crippen LogP contribution in [0.25, 0.3) is 0 Å². The third-order valence-electron chi connectivity index (χ3n) is 5.70. The molecule has 0 bridgehead atoms. The van der Waals surface area contributed by atoms with Crippen LogP contribution in [0, 0.1) is 29.9 Å². The summed E-state index contributed by atoms with van der Waals surface area (Å²) < 4.78 is 5.12. The van der Waals surface area contributed by atoms with Crippen LogP contribution in [0.1, 0.15) is 51.6 Å². The molecule has 0 aromatic heterocycles. The van der Waals surface area contributed by atoms with Crippen LogP contribution in [-0.4, -0.2) is 36.4 Å². The monoisotopic (exact) mass is 410 g/mol. The van der Waals surface area contributed by atoms with E-state index >= 15 is 0 Å². The van der Waals surface area contributed by atoms with Crippen molar-refractivity contribution in [3.05, 3.63) is 68.8 Å². The van der Waals surface area contributed by atoms with Crippen molar-refractivity contribution in [2.24, 2.45) is 5.92 Å². The summed E-state index contributed by atoms with van der Waals surface area (Å²) >= 11 is 0. The predicted molar refractivity (Wildman–Crippen MR) is 114 cm³/mol. The molecule has 2 aromatic carbocycles. The Morgan fingerprint density at radius 1 is 1.07 bits per heavy atom. The first-order valence-corrected chi connectivity index (χ1v) is 10.1. The maximum atomic E-state index is 12.4. The Morgan fingerprint density at radius 2 is 1.73 bits per heavy atom. The van der Waals surface area contributed by atoms with Crippen LogP contribution < -0.4 is 4.90 Å². The SMILES string of the molecule is Cc1ccc(C(=O)COC(=O)c2ccc(N3CCC(C)CC3)c([N+](=O)[O-])c2)cc1C. The van der Waals surface area contributed by atoms with E-state index in [1.807, 2.05) is 24.8 Å². The van der Waals surface area contributed by atoms with Gasteiger partial charge in [0, 0.05) is 24.7 Å². The Bertz CT molecular complexity index is 978. The second kappa shape index (κ2) is 9.07. The number of nitrogens with zero attached hydrogens (tertiary/aromatic N) is 2. The van der Waals surface area contributed by atoms with Gasteiger partial charge < -0.3 is 9.64 Å². The molecule has 1 saturated heterocycles. The molecule has 0 N–H and O–H groups in total. The number of Topliss-reactive ketones (excluding diaryl/α,β-unsaturated/α-hetero) is 1. The zero-order chi connectivity index (χ0) is 21.8. The Balaban J connectivity index is 1.71. The van der Waals surface area contributed by atoms with Gasteiger partial charge in [0.1, 0.15) is 5.69 Å². The highest BCUT2D eigenvalue weighted by Crippen LogP contribution is 2.32. The van der Waals surface area contributed by atoms with Crippen molar-refractivity contribution in [1.82, 2.24) is 0 Å². The van der Waals surface area contributed by atoms with Crippen molar-refractivity contribution >= 4 is 23.1 Å². The molecule has 0 spiro atoms. The Labute approximate surface area is 175 Å². The number of nitro benzene ring substituents is 1. The number of ether oxygens (including phenoxy) is 1. The molecule has 0 radical (unpaired) electrons. The van der Waals surface area contributed by atoms with Gasteiger partial charge in [-0.3, -0.25) is 14.9 Å². The number of carbonyl (C=O) groups excluding carboxylic acids is 2. The normalized spacial score (nSPS) is 14.4. The summed E-state index contributed by atoms with van der Waals surface area (Å²) in [5.41, 5.74) is 2.95. The number of nitro groups is 1. The molecule has 1 aliphatic heterocycles. The highest BCUT2D eigenvalue weighted by atomic mass is 16.6. The highest BCUT2D eigenvalue weighted by Gasteiger charge is 2.25. The van der Waals surface area contributed by atoms with Crippen molar-refractivity contribution in [3.63, 3.8) is 0 Å². The first kappa shape index (κ1) is 21.5. The molecule has 30 heavy (non-hydrogen) atoms. The van der Waals surface area contributed by atoms with E-state index in [2.05, 4.69) is 6.92 Å². The number of rotatable bonds is 6. The van der Waals surface area contributed by atoms with Gasteiger partial charge >= 0.3 is 5.97 Å². The Morgan fingerprint density at radius 3 is 2.37 bits per heavy atom. The molecule has 7 nitrogen and oxygen atoms in total. The average molecular weight is 410 g/mol. The number of aryl methyl sites for hydroxylation is 2. The van der Waals surface area contributed by atoms with Crippen LogP contribution >= 0.6 is 0 Å². The minimum absolute atomic E-state index is 0.0590. The van der Waals surface area contributed by atoms with E-state index in [1.54, 1.807) is 18.2 Å². The van der Waals surface area contributed by atoms with Crippen molar-refractivity contribution in [2.45, 2.75) is 33.6 Å². The molecule has 3 rings (SSSR count). The zero-order valence-corrected chi connectivity index (χ0v) is 17.5. The fourth-order valence-electron chi connectivity index (χ4n) is 3.53. The topological polar surface area (TPSA) is 89.8 Å². The summed E-state index contributed by atoms with van der Waals surface area (Å²) in [5, 5.41) is 11.6. The van der Waals surface area contributed by atoms with Crippen molar-refractivity contribution in [1.29, 1.82) is 0 Å². The molecule has 2 aromatic rings. The zero-order valence-electron chi connectivity index (χ0n) is 17.5. The number of carbonyl (C=O) groups is 2. The predicted octanol–water partition coefficient (Wildman–Crippen LogP) is 4.49. The van der Waals surface area contributed by atoms with Gasteiger partial charge in [-0.15, -0.1) is 0 Å². The largest absolute Gasteiger partial charge is 0.454 e. The first-order valence-electron chi connectivity index (χ1n) is 10.1. The van der Waals surface area contributed by atoms with E-state index in [0.717, 1.165) is 37.1 Å². The second-order valence-electron chi connectivity index (χ2n) is 7.93. The summed E-state index contributed by atoms with van der Waals surface area (Å²) in [6, 6.07) is 9.63. The van der Waals surface area contributed by atoms with E-state index in [0.29, 0.717) is 17.2 Å². The lowest BCUT2D eigenvalue weighted by atomic mass is 9.98. The number of hydrogen-bond donors (Lipinski definition) is 0. The summed E-state index contributed by atoms with van der Waals surface area (Å²) in [6.45, 7) is 7.10. The molecule has 1 heterocycles. The van der Waals surface area contributed by atoms with Crippen LogP contribution in [0.4, 0.5) is 11.4 Å². The Hall–Kier alpha value is -3.22. The molecule has 158 valence electrons. The smallest absolute Gasteiger partial charge is 0.338 e. The van der Waals surface area contributed by atoms with Crippen molar-refractivity contribution in [2.75, 3.05) is 24.6 Å². The molecular formula is C23H26N2O5. The Kier molecular flexibility index (Phi) is 6.50. The van der Waals surface area contributed by atoms with E-state index in [4.69, 9.17) is 4.74 Å². The standard InChI is InChI=1S/C23H26N2O5/c1-15-8-10-24(11-9-15)20-7-6-19(13-21(20)25(28)29)23(27)30-14-22(26)18-5-4-16(2)17(3)12-18/h4-7,12-13,15H,8-11,14H2,1-3H3. The van der Waals surface area contributed by atoms with E-state index < -0.39 is 17.5 Å². The quantitative estimate of drug-likeness (QED) is 0.302. The maximum absolute atomic E-state index is 12.4. The average Bonchev–Trinajstić information content (AvgIpc) is 2.73. The molecule has 1 aliphatic rings. The van der Waals surface area contributed by atoms with Crippen LogP contribution in [-0.2, 0) is 4.74 Å². The molecule has 1 fully saturated rings. The number of esters is 1. The van der Waals surface area contributed by atoms with Gasteiger partial charge in [0.15, 0.2) is 12.4 Å². The fraction of sp³-hybridized carbons (Fsp3) is 0.391. The van der Waals surface area contributed by atoms with Gasteiger partial charge in [-0.1, -0.05) is 19.1 Å². The number of anilines is 1. The number of piperidine rings is 1. The number of hydrogen-bond acceptors (Lipinski definition) is 6. The third kappa shape index (κ3) is 4.84. The first-order chi connectivity index (χ1) is 14.3. The maximum Gasteiger partial charge on any atom is 0.338 e. The van der Waals surface area contributed by atoms with Gasteiger partial charge in [-0.25, -0.2) is 4.79 Å². The van der Waals surface area contributed by atoms with Crippen LogP contribution in [0.3, 0.4) is 0 Å². The lowest BCUT2D eigenvalue weighted by Crippen LogP contribution is -2.33. The molecule has 0 unspecified atom stereocenters. The van der Waals surface area contributed by atoms with Gasteiger partial charge in [0.25, 0.3) is 5.69 Å². The van der Waals surface area contributed by atoms with Crippen LogP contribution in [0.15, 0.2) is 36.4 Å². The molecule has 0 aliphatic carbocycles. The molecule has 0 amide bonds. The van der Waals surface area contributed by atoms with Crippen LogP contribution in [0.5, 0.6) is 0 Å². The van der Waals surface area contributed by atoms with Gasteiger partial charge in [-0.05, 0) is 61.9 Å². The van der Waals surface area contributed by atoms with Crippen molar-refractivity contribution < 1.29 is 19.2 Å².